The van der Waals surface area contributed by atoms with Crippen molar-refractivity contribution in [1.29, 1.82) is 0 Å². The second-order valence-electron chi connectivity index (χ2n) is 17.4. The number of piperidine rings is 2. The normalized spacial score (nSPS) is 25.0. The second-order valence-corrected chi connectivity index (χ2v) is 17.4. The van der Waals surface area contributed by atoms with Crippen LogP contribution in [0.15, 0.2) is 12.7 Å². The van der Waals surface area contributed by atoms with Gasteiger partial charge in [0.1, 0.15) is 12.1 Å². The second kappa shape index (κ2) is 14.8. The molecule has 0 aromatic carbocycles. The first-order valence-corrected chi connectivity index (χ1v) is 18.1. The summed E-state index contributed by atoms with van der Waals surface area (Å²) in [6, 6.07) is -4.17. The monoisotopic (exact) mass is 698 g/mol. The first-order valence-electron chi connectivity index (χ1n) is 18.1. The summed E-state index contributed by atoms with van der Waals surface area (Å²) in [5.41, 5.74) is -1.50. The van der Waals surface area contributed by atoms with Gasteiger partial charge in [-0.15, -0.1) is 6.58 Å². The molecular formula is C37H58N6O7. The van der Waals surface area contributed by atoms with E-state index in [1.165, 1.54) is 15.9 Å². The van der Waals surface area contributed by atoms with Crippen molar-refractivity contribution in [3.8, 4) is 0 Å². The lowest BCUT2D eigenvalue weighted by molar-refractivity contribution is -0.148. The standard InChI is InChI=1S/C37H58N6O7/c1-10-17-38-32(48)29(46)23(18-21-13-11-14-21)39-31(47)28-27-22(37(27,8)9)19-43(28)33(49)30(36(5,6)7)41-34(50)40-24(35(2,3)4)20-42-25(44)15-12-16-26(42)45/h10,21-24,27-28,30H,1,11-20H2,2-9H3,(H,38,48)(H,39,47)(H2,40,41,50)/t22-,23?,24+,27-,28-,30+/m0/s1. The van der Waals surface area contributed by atoms with E-state index in [1.54, 1.807) is 0 Å². The number of likely N-dealkylation sites (tertiary alicyclic amines) is 2. The largest absolute Gasteiger partial charge is 0.346 e. The van der Waals surface area contributed by atoms with Gasteiger partial charge in [-0.2, -0.15) is 0 Å². The van der Waals surface area contributed by atoms with E-state index in [0.717, 1.165) is 19.3 Å². The molecule has 0 radical (unpaired) electrons. The van der Waals surface area contributed by atoms with Crippen LogP contribution in [0.25, 0.3) is 0 Å². The molecule has 0 aromatic heterocycles. The molecule has 13 heteroatoms. The molecule has 2 heterocycles. The zero-order valence-corrected chi connectivity index (χ0v) is 31.1. The highest BCUT2D eigenvalue weighted by molar-refractivity contribution is 6.38. The molecule has 4 rings (SSSR count). The SMILES string of the molecule is C=CCNC(=O)C(=O)C(CC1CCC1)NC(=O)[C@@H]1[C@@H]2[C@H](CN1C(=O)[C@@H](NC(=O)N[C@H](CN1C(=O)CCCC1=O)C(C)(C)C)C(C)(C)C)C2(C)C. The average molecular weight is 699 g/mol. The van der Waals surface area contributed by atoms with Gasteiger partial charge in [0.2, 0.25) is 29.4 Å². The number of amides is 7. The highest BCUT2D eigenvalue weighted by atomic mass is 16.2. The molecule has 278 valence electrons. The molecule has 50 heavy (non-hydrogen) atoms. The lowest BCUT2D eigenvalue weighted by atomic mass is 9.80. The maximum atomic E-state index is 14.4. The van der Waals surface area contributed by atoms with E-state index in [2.05, 4.69) is 41.7 Å². The zero-order valence-electron chi connectivity index (χ0n) is 31.1. The predicted molar refractivity (Wildman–Crippen MR) is 187 cm³/mol. The number of nitrogens with one attached hydrogen (secondary N) is 4. The number of urea groups is 1. The zero-order chi connectivity index (χ0) is 37.3. The van der Waals surface area contributed by atoms with E-state index in [4.69, 9.17) is 0 Å². The van der Waals surface area contributed by atoms with Crippen molar-refractivity contribution in [2.24, 2.45) is 34.0 Å². The Balaban J connectivity index is 1.53. The average Bonchev–Trinajstić information content (AvgIpc) is 3.30. The van der Waals surface area contributed by atoms with Crippen LogP contribution in [0.1, 0.15) is 100 Å². The molecule has 0 aromatic rings. The van der Waals surface area contributed by atoms with Gasteiger partial charge in [0.15, 0.2) is 0 Å². The Bertz CT molecular complexity index is 1370. The first-order chi connectivity index (χ1) is 23.2. The van der Waals surface area contributed by atoms with Gasteiger partial charge >= 0.3 is 6.03 Å². The Morgan fingerprint density at radius 1 is 0.920 bits per heavy atom. The molecule has 2 aliphatic carbocycles. The predicted octanol–water partition coefficient (Wildman–Crippen LogP) is 2.68. The first kappa shape index (κ1) is 39.0. The molecule has 1 unspecified atom stereocenters. The number of fused-ring (bicyclic) bond motifs is 1. The third-order valence-corrected chi connectivity index (χ3v) is 11.3. The Labute approximate surface area is 296 Å². The summed E-state index contributed by atoms with van der Waals surface area (Å²) in [5, 5.41) is 11.2. The van der Waals surface area contributed by atoms with Crippen LogP contribution in [0.4, 0.5) is 4.79 Å². The van der Waals surface area contributed by atoms with Gasteiger partial charge < -0.3 is 26.2 Å². The smallest absolute Gasteiger partial charge is 0.315 e. The molecule has 0 spiro atoms. The molecule has 6 atom stereocenters. The molecule has 7 amide bonds. The van der Waals surface area contributed by atoms with Crippen molar-refractivity contribution in [3.63, 3.8) is 0 Å². The Morgan fingerprint density at radius 2 is 1.54 bits per heavy atom. The minimum absolute atomic E-state index is 0.0158. The number of Topliss-reactive ketones (excluding diaryl/α,β-unsaturated/α-hetero) is 1. The molecule has 2 aliphatic heterocycles. The van der Waals surface area contributed by atoms with Crippen LogP contribution < -0.4 is 21.3 Å². The van der Waals surface area contributed by atoms with Crippen molar-refractivity contribution in [2.75, 3.05) is 19.6 Å². The summed E-state index contributed by atoms with van der Waals surface area (Å²) in [6.45, 7) is 19.3. The summed E-state index contributed by atoms with van der Waals surface area (Å²) >= 11 is 0. The summed E-state index contributed by atoms with van der Waals surface area (Å²) in [4.78, 5) is 96.0. The quantitative estimate of drug-likeness (QED) is 0.130. The fourth-order valence-electron chi connectivity index (χ4n) is 7.64. The summed E-state index contributed by atoms with van der Waals surface area (Å²) in [5.74, 6) is -2.83. The maximum absolute atomic E-state index is 14.4. The van der Waals surface area contributed by atoms with E-state index >= 15 is 0 Å². The van der Waals surface area contributed by atoms with Crippen molar-refractivity contribution in [1.82, 2.24) is 31.1 Å². The van der Waals surface area contributed by atoms with Crippen LogP contribution in [0.2, 0.25) is 0 Å². The third-order valence-electron chi connectivity index (χ3n) is 11.3. The van der Waals surface area contributed by atoms with Gasteiger partial charge in [0, 0.05) is 32.5 Å². The topological polar surface area (TPSA) is 174 Å². The van der Waals surface area contributed by atoms with Gasteiger partial charge in [-0.3, -0.25) is 33.7 Å². The van der Waals surface area contributed by atoms with E-state index in [1.807, 2.05) is 41.5 Å². The third kappa shape index (κ3) is 8.57. The molecule has 2 saturated carbocycles. The number of ketones is 1. The molecule has 0 bridgehead atoms. The fourth-order valence-corrected chi connectivity index (χ4v) is 7.64. The van der Waals surface area contributed by atoms with Crippen LogP contribution in [-0.2, 0) is 28.8 Å². The van der Waals surface area contributed by atoms with Gasteiger partial charge in [0.25, 0.3) is 5.91 Å². The van der Waals surface area contributed by atoms with E-state index < -0.39 is 64.5 Å². The van der Waals surface area contributed by atoms with Crippen LogP contribution in [0.3, 0.4) is 0 Å². The highest BCUT2D eigenvalue weighted by Gasteiger charge is 2.70. The van der Waals surface area contributed by atoms with Crippen molar-refractivity contribution < 1.29 is 33.6 Å². The lowest BCUT2D eigenvalue weighted by Gasteiger charge is -2.39. The van der Waals surface area contributed by atoms with Crippen molar-refractivity contribution in [3.05, 3.63) is 12.7 Å². The Morgan fingerprint density at radius 3 is 2.06 bits per heavy atom. The number of carbonyl (C=O) groups is 7. The number of imide groups is 1. The van der Waals surface area contributed by atoms with Crippen molar-refractivity contribution >= 4 is 41.4 Å². The summed E-state index contributed by atoms with van der Waals surface area (Å²) < 4.78 is 0. The number of carbonyl (C=O) groups excluding carboxylic acids is 7. The summed E-state index contributed by atoms with van der Waals surface area (Å²) in [6.07, 6.45) is 5.75. The van der Waals surface area contributed by atoms with Crippen LogP contribution in [-0.4, -0.2) is 95.0 Å². The van der Waals surface area contributed by atoms with Gasteiger partial charge in [-0.05, 0) is 46.8 Å². The minimum atomic E-state index is -1.03. The molecular weight excluding hydrogens is 640 g/mol. The number of hydrogen-bond acceptors (Lipinski definition) is 7. The van der Waals surface area contributed by atoms with Crippen LogP contribution in [0.5, 0.6) is 0 Å². The molecule has 13 nitrogen and oxygen atoms in total. The van der Waals surface area contributed by atoms with E-state index in [0.29, 0.717) is 19.4 Å². The highest BCUT2D eigenvalue weighted by Crippen LogP contribution is 2.65. The Hall–Kier alpha value is -3.77. The Kier molecular flexibility index (Phi) is 11.6. The number of nitrogens with zero attached hydrogens (tertiary/aromatic N) is 2. The number of hydrogen-bond donors (Lipinski definition) is 4. The minimum Gasteiger partial charge on any atom is -0.346 e. The van der Waals surface area contributed by atoms with Crippen molar-refractivity contribution in [2.45, 2.75) is 125 Å². The fraction of sp³-hybridized carbons (Fsp3) is 0.757. The lowest BCUT2D eigenvalue weighted by Crippen LogP contribution is -2.63. The van der Waals surface area contributed by atoms with Crippen LogP contribution in [0, 0.1) is 34.0 Å². The van der Waals surface area contributed by atoms with E-state index in [-0.39, 0.29) is 60.9 Å². The summed E-state index contributed by atoms with van der Waals surface area (Å²) in [7, 11) is 0. The molecule has 4 N–H and O–H groups in total. The number of rotatable bonds is 13. The molecule has 4 aliphatic rings. The van der Waals surface area contributed by atoms with Crippen LogP contribution >= 0.6 is 0 Å². The van der Waals surface area contributed by atoms with E-state index in [9.17, 15) is 33.6 Å². The van der Waals surface area contributed by atoms with Gasteiger partial charge in [-0.1, -0.05) is 80.7 Å². The molecule has 2 saturated heterocycles. The van der Waals surface area contributed by atoms with Gasteiger partial charge in [0.05, 0.1) is 12.1 Å². The maximum Gasteiger partial charge on any atom is 0.315 e. The molecule has 4 fully saturated rings. The van der Waals surface area contributed by atoms with Gasteiger partial charge in [-0.25, -0.2) is 4.79 Å².